The van der Waals surface area contributed by atoms with Crippen LogP contribution in [0.2, 0.25) is 0 Å². The van der Waals surface area contributed by atoms with Gasteiger partial charge < -0.3 is 45.1 Å². The van der Waals surface area contributed by atoms with E-state index < -0.39 is 54.7 Å². The number of nitrogens with two attached hydrogens (primary N) is 1. The molecule has 3 rings (SSSR count). The standard InChI is InChI=1S/C36H57NO10.C3H8/c1-24-16-11-8-6-4-5-7-9-13-19-28(46-35-34(42)32(37)33(41)26(3)45-35)22-30-25(2)29(39)23-36(43,47-30)21-14-10-12-17-27(38)18-15-20-31(40)44-24;1-3-2/h4-9,11,13,24-26,28-30,32-35,39,41-43H,10,12,14-23,37H2,1-3H3;3H2,1-2H3/b6-4+,7-5+,11-8+,13-9+;/t24-,25-,26?,28+,29+,30?,32?,33?,34?,35?,36-;/m1./s1. The maximum absolute atomic E-state index is 12.4. The van der Waals surface area contributed by atoms with Crippen LogP contribution in [0.4, 0.5) is 0 Å². The van der Waals surface area contributed by atoms with Crippen LogP contribution in [0, 0.1) is 5.92 Å². The molecule has 0 aromatic heterocycles. The Hall–Kier alpha value is -2.22. The fourth-order valence-corrected chi connectivity index (χ4v) is 6.16. The molecule has 0 spiro atoms. The van der Waals surface area contributed by atoms with Gasteiger partial charge in [0.15, 0.2) is 12.1 Å². The second kappa shape index (κ2) is 23.4. The summed E-state index contributed by atoms with van der Waals surface area (Å²) in [6.07, 6.45) is 15.2. The van der Waals surface area contributed by atoms with Crippen LogP contribution in [0.15, 0.2) is 48.6 Å². The van der Waals surface area contributed by atoms with Gasteiger partial charge in [0.1, 0.15) is 18.0 Å². The van der Waals surface area contributed by atoms with Crippen LogP contribution in [-0.2, 0) is 28.5 Å². The highest BCUT2D eigenvalue weighted by molar-refractivity contribution is 5.79. The maximum atomic E-state index is 12.4. The van der Waals surface area contributed by atoms with Crippen LogP contribution < -0.4 is 5.73 Å². The van der Waals surface area contributed by atoms with E-state index in [2.05, 4.69) is 13.8 Å². The first-order chi connectivity index (χ1) is 23.8. The molecule has 0 saturated carbocycles. The number of hydrogen-bond acceptors (Lipinski definition) is 11. The molecule has 50 heavy (non-hydrogen) atoms. The molecule has 6 N–H and O–H groups in total. The number of fused-ring (bicyclic) bond motifs is 2. The second-order valence-electron chi connectivity index (χ2n) is 14.1. The van der Waals surface area contributed by atoms with E-state index >= 15 is 0 Å². The summed E-state index contributed by atoms with van der Waals surface area (Å²) in [5, 5.41) is 43.3. The van der Waals surface area contributed by atoms with Gasteiger partial charge in [-0.1, -0.05) is 82.2 Å². The normalized spacial score (nSPS) is 40.2. The summed E-state index contributed by atoms with van der Waals surface area (Å²) in [4.78, 5) is 24.5. The molecule has 0 aromatic carbocycles. The Kier molecular flexibility index (Phi) is 20.5. The predicted molar refractivity (Wildman–Crippen MR) is 193 cm³/mol. The first kappa shape index (κ1) is 43.9. The lowest BCUT2D eigenvalue weighted by atomic mass is 9.84. The van der Waals surface area contributed by atoms with Crippen LogP contribution in [0.25, 0.3) is 0 Å². The van der Waals surface area contributed by atoms with Crippen molar-refractivity contribution >= 4 is 11.8 Å². The summed E-state index contributed by atoms with van der Waals surface area (Å²) in [5.41, 5.74) is 6.04. The van der Waals surface area contributed by atoms with Gasteiger partial charge >= 0.3 is 5.97 Å². The summed E-state index contributed by atoms with van der Waals surface area (Å²) in [6.45, 7) is 9.63. The van der Waals surface area contributed by atoms with Crippen molar-refractivity contribution in [2.75, 3.05) is 0 Å². The van der Waals surface area contributed by atoms with Gasteiger partial charge in [0, 0.05) is 50.9 Å². The van der Waals surface area contributed by atoms with Gasteiger partial charge in [-0.3, -0.25) is 9.59 Å². The van der Waals surface area contributed by atoms with Crippen molar-refractivity contribution in [1.29, 1.82) is 0 Å². The molecule has 6 unspecified atom stereocenters. The van der Waals surface area contributed by atoms with E-state index in [1.54, 1.807) is 6.92 Å². The number of aliphatic hydroxyl groups is 4. The first-order valence-electron chi connectivity index (χ1n) is 18.7. The SMILES string of the molecule is CC1OC(O[C@H]2C/C=C/C=C/C=C/C=C/C[C@@H](C)OC(=O)CCCC(=O)CCCCC[C@]3(O)C[C@H](O)[C@@H](C)C(C2)O3)C(O)C(N)C1O.CCC. The van der Waals surface area contributed by atoms with Gasteiger partial charge in [-0.05, 0) is 39.5 Å². The number of ether oxygens (including phenoxy) is 4. The summed E-state index contributed by atoms with van der Waals surface area (Å²) in [5.74, 6) is -2.03. The van der Waals surface area contributed by atoms with Crippen molar-refractivity contribution < 1.29 is 49.0 Å². The zero-order valence-corrected chi connectivity index (χ0v) is 30.9. The van der Waals surface area contributed by atoms with Crippen LogP contribution in [0.1, 0.15) is 118 Å². The number of ketones is 1. The van der Waals surface area contributed by atoms with E-state index in [0.717, 1.165) is 0 Å². The van der Waals surface area contributed by atoms with Crippen molar-refractivity contribution in [2.24, 2.45) is 11.7 Å². The Labute approximate surface area is 299 Å². The Morgan fingerprint density at radius 1 is 0.860 bits per heavy atom. The quantitative estimate of drug-likeness (QED) is 0.242. The average Bonchev–Trinajstić information content (AvgIpc) is 3.05. The van der Waals surface area contributed by atoms with E-state index in [1.165, 1.54) is 6.42 Å². The number of carbonyl (C=O) groups is 2. The maximum Gasteiger partial charge on any atom is 0.306 e. The highest BCUT2D eigenvalue weighted by atomic mass is 16.7. The predicted octanol–water partition coefficient (Wildman–Crippen LogP) is 5.09. The van der Waals surface area contributed by atoms with E-state index in [4.69, 9.17) is 24.7 Å². The third kappa shape index (κ3) is 16.0. The molecule has 11 heteroatoms. The van der Waals surface area contributed by atoms with Gasteiger partial charge in [-0.25, -0.2) is 0 Å². The molecule has 11 nitrogen and oxygen atoms in total. The molecule has 0 radical (unpaired) electrons. The minimum absolute atomic E-state index is 0.0753. The topological polar surface area (TPSA) is 178 Å². The number of Topliss-reactive ketones (excluding diaryl/α,β-unsaturated/α-hetero) is 1. The Morgan fingerprint density at radius 3 is 2.16 bits per heavy atom. The van der Waals surface area contributed by atoms with Crippen LogP contribution in [0.5, 0.6) is 0 Å². The lowest BCUT2D eigenvalue weighted by Crippen LogP contribution is -2.61. The zero-order chi connectivity index (χ0) is 37.1. The molecule has 2 saturated heterocycles. The molecule has 0 aliphatic carbocycles. The minimum atomic E-state index is -1.53. The molecule has 3 aliphatic rings. The van der Waals surface area contributed by atoms with Crippen LogP contribution in [0.3, 0.4) is 0 Å². The van der Waals surface area contributed by atoms with E-state index in [9.17, 15) is 30.0 Å². The summed E-state index contributed by atoms with van der Waals surface area (Å²) >= 11 is 0. The fourth-order valence-electron chi connectivity index (χ4n) is 6.16. The molecular formula is C39H65NO10. The van der Waals surface area contributed by atoms with Gasteiger partial charge in [0.25, 0.3) is 0 Å². The number of carbonyl (C=O) groups excluding carboxylic acids is 2. The molecule has 11 atom stereocenters. The molecule has 3 aliphatic heterocycles. The van der Waals surface area contributed by atoms with E-state index in [-0.39, 0.29) is 36.6 Å². The molecule has 0 aromatic rings. The Bertz CT molecular complexity index is 1110. The molecular weight excluding hydrogens is 642 g/mol. The van der Waals surface area contributed by atoms with Gasteiger partial charge in [-0.2, -0.15) is 0 Å². The molecule has 3 heterocycles. The highest BCUT2D eigenvalue weighted by Gasteiger charge is 2.46. The number of rotatable bonds is 2. The Morgan fingerprint density at radius 2 is 1.48 bits per heavy atom. The third-order valence-electron chi connectivity index (χ3n) is 9.20. The number of esters is 1. The fraction of sp³-hybridized carbons (Fsp3) is 0.744. The zero-order valence-electron chi connectivity index (χ0n) is 30.9. The number of aliphatic hydroxyl groups excluding tert-OH is 3. The minimum Gasteiger partial charge on any atom is -0.462 e. The summed E-state index contributed by atoms with van der Waals surface area (Å²) in [7, 11) is 0. The number of hydrogen-bond donors (Lipinski definition) is 5. The van der Waals surface area contributed by atoms with Crippen LogP contribution >= 0.6 is 0 Å². The van der Waals surface area contributed by atoms with Crippen molar-refractivity contribution in [2.45, 2.75) is 179 Å². The number of allylic oxidation sites excluding steroid dienone is 6. The molecule has 286 valence electrons. The summed E-state index contributed by atoms with van der Waals surface area (Å²) in [6, 6.07) is -0.943. The Balaban J connectivity index is 0.00000278. The third-order valence-corrected chi connectivity index (χ3v) is 9.20. The van der Waals surface area contributed by atoms with Crippen molar-refractivity contribution in [3.05, 3.63) is 48.6 Å². The lowest BCUT2D eigenvalue weighted by Gasteiger charge is -2.45. The lowest BCUT2D eigenvalue weighted by molar-refractivity contribution is -0.307. The molecule has 0 amide bonds. The molecule has 2 bridgehead atoms. The number of cyclic esters (lactones) is 1. The largest absolute Gasteiger partial charge is 0.462 e. The second-order valence-corrected chi connectivity index (χ2v) is 14.1. The highest BCUT2D eigenvalue weighted by Crippen LogP contribution is 2.37. The van der Waals surface area contributed by atoms with Gasteiger partial charge in [0.2, 0.25) is 0 Å². The van der Waals surface area contributed by atoms with Crippen molar-refractivity contribution in [3.8, 4) is 0 Å². The monoisotopic (exact) mass is 707 g/mol. The van der Waals surface area contributed by atoms with E-state index in [1.807, 2.05) is 62.5 Å². The van der Waals surface area contributed by atoms with Gasteiger partial charge in [-0.15, -0.1) is 0 Å². The van der Waals surface area contributed by atoms with Crippen LogP contribution in [-0.4, -0.2) is 93.0 Å². The smallest absolute Gasteiger partial charge is 0.306 e. The average molecular weight is 708 g/mol. The molecule has 2 fully saturated rings. The summed E-state index contributed by atoms with van der Waals surface area (Å²) < 4.78 is 23.7. The van der Waals surface area contributed by atoms with Crippen molar-refractivity contribution in [1.82, 2.24) is 0 Å². The first-order valence-corrected chi connectivity index (χ1v) is 18.7. The van der Waals surface area contributed by atoms with E-state index in [0.29, 0.717) is 64.2 Å². The van der Waals surface area contributed by atoms with Gasteiger partial charge in [0.05, 0.1) is 36.6 Å². The van der Waals surface area contributed by atoms with Crippen molar-refractivity contribution in [3.63, 3.8) is 0 Å².